The molecule has 14 rings (SSSR count). The summed E-state index contributed by atoms with van der Waals surface area (Å²) >= 11 is 0. The molecular weight excluding hydrogens is 1160 g/mol. The van der Waals surface area contributed by atoms with Crippen molar-refractivity contribution in [3.63, 3.8) is 0 Å². The molecule has 0 aliphatic heterocycles. The predicted molar refractivity (Wildman–Crippen MR) is 391 cm³/mol. The number of rotatable bonds is 6. The van der Waals surface area contributed by atoms with Gasteiger partial charge in [0.2, 0.25) is 0 Å². The highest BCUT2D eigenvalue weighted by atomic mass is 16.3. The van der Waals surface area contributed by atoms with Gasteiger partial charge in [0.15, 0.2) is 28.2 Å². The summed E-state index contributed by atoms with van der Waals surface area (Å²) in [4.78, 5) is 63.9. The Kier molecular flexibility index (Phi) is 22.8. The van der Waals surface area contributed by atoms with Gasteiger partial charge < -0.3 is 33.9 Å². The standard InChI is InChI=1S/C13H15NO.C12H16N2.C11H15N3.2C11H14N2.C10H13N3.C10H11NO/c1-13(2,3)12-8-11(15)9-6-4-5-7-10(9)14-12;1-7(2)12-13-10-6-5-8(3)9(4)11(10)14-12;1-6(2)10-13-9-5-7(3)8(4)12-11(9)14-10;1-7(2)11-12-9-5-4-8(3)6-10(9)13-11;1-8(2)11-12-9-6-4-5-7-10(9)13(11)3;1-6(2)9-12-8-4-7(3)5-11-10(8)13-9;1-7(2)10-11-8-5-3-4-6-9(8)12-10/h4-8H,1-3H3,(H,14,15);5-7H,1-4H3,(H,13,14);5-6H,1-4H3,(H,12,13,14);4-7H,1-3H3,(H,12,13);4-8H,1-3H3;4-6H,1-3H3,(H,11,12,13);3-7H,1-2H3. The minimum Gasteiger partial charge on any atom is -0.440 e. The number of H-pyrrole nitrogens is 5. The topological polar surface area (TPSA) is 217 Å². The number of oxazole rings is 1. The zero-order valence-corrected chi connectivity index (χ0v) is 59.4. The summed E-state index contributed by atoms with van der Waals surface area (Å²) in [5, 5.41) is 0.755. The van der Waals surface area contributed by atoms with E-state index in [0.717, 1.165) is 124 Å². The summed E-state index contributed by atoms with van der Waals surface area (Å²) in [7, 11) is 2.07. The highest BCUT2D eigenvalue weighted by Crippen LogP contribution is 2.26. The minimum absolute atomic E-state index is 0.0246. The molecule has 0 radical (unpaired) electrons. The molecule has 16 heteroatoms. The summed E-state index contributed by atoms with van der Waals surface area (Å²) in [6, 6.07) is 40.1. The average Bonchev–Trinajstić information content (AvgIpc) is 1.32. The smallest absolute Gasteiger partial charge is 0.198 e. The third-order valence-corrected chi connectivity index (χ3v) is 16.2. The molecule has 16 nitrogen and oxygen atoms in total. The predicted octanol–water partition coefficient (Wildman–Crippen LogP) is 19.9. The van der Waals surface area contributed by atoms with E-state index in [-0.39, 0.29) is 10.8 Å². The van der Waals surface area contributed by atoms with Crippen LogP contribution < -0.4 is 5.43 Å². The highest BCUT2D eigenvalue weighted by molar-refractivity contribution is 5.81. The van der Waals surface area contributed by atoms with Gasteiger partial charge in [0.1, 0.15) is 34.6 Å². The van der Waals surface area contributed by atoms with Gasteiger partial charge in [-0.1, -0.05) is 152 Å². The van der Waals surface area contributed by atoms with Crippen molar-refractivity contribution < 1.29 is 4.42 Å². The van der Waals surface area contributed by atoms with E-state index in [2.05, 4.69) is 263 Å². The van der Waals surface area contributed by atoms with E-state index in [1.807, 2.05) is 80.7 Å². The second kappa shape index (κ2) is 30.5. The van der Waals surface area contributed by atoms with E-state index in [1.54, 1.807) is 6.07 Å². The lowest BCUT2D eigenvalue weighted by molar-refractivity contribution is 0.501. The Morgan fingerprint density at radius 2 is 1.01 bits per heavy atom. The number of pyridine rings is 3. The molecule has 0 aliphatic carbocycles. The van der Waals surface area contributed by atoms with E-state index in [0.29, 0.717) is 35.5 Å². The summed E-state index contributed by atoms with van der Waals surface area (Å²) in [6.45, 7) is 44.3. The van der Waals surface area contributed by atoms with Crippen LogP contribution in [0, 0.1) is 41.5 Å². The number of hydrogen-bond acceptors (Lipinski definition) is 10. The van der Waals surface area contributed by atoms with Crippen LogP contribution in [-0.4, -0.2) is 69.4 Å². The summed E-state index contributed by atoms with van der Waals surface area (Å²) in [5.41, 5.74) is 21.6. The van der Waals surface area contributed by atoms with Crippen LogP contribution in [-0.2, 0) is 12.5 Å². The number of fused-ring (bicyclic) bond motifs is 7. The zero-order chi connectivity index (χ0) is 68.5. The second-order valence-electron chi connectivity index (χ2n) is 27.4. The fourth-order valence-electron chi connectivity index (χ4n) is 10.2. The maximum absolute atomic E-state index is 11.8. The van der Waals surface area contributed by atoms with E-state index < -0.39 is 0 Å². The molecule has 0 atom stereocenters. The van der Waals surface area contributed by atoms with Crippen LogP contribution in [0.5, 0.6) is 0 Å². The van der Waals surface area contributed by atoms with Crippen LogP contribution in [0.3, 0.4) is 0 Å². The molecule has 5 N–H and O–H groups in total. The van der Waals surface area contributed by atoms with Gasteiger partial charge in [-0.25, -0.2) is 39.9 Å². The molecule has 0 unspecified atom stereocenters. The Bertz CT molecular complexity index is 4720. The first-order chi connectivity index (χ1) is 44.4. The number of imidazole rings is 5. The number of aryl methyl sites for hydroxylation is 7. The second-order valence-corrected chi connectivity index (χ2v) is 27.4. The molecule has 0 aliphatic rings. The Balaban J connectivity index is 0.000000141. The number of nitrogens with one attached hydrogen (secondary N) is 5. The monoisotopic (exact) mass is 1260 g/mol. The number of aromatic amines is 5. The van der Waals surface area contributed by atoms with E-state index in [9.17, 15) is 4.79 Å². The largest absolute Gasteiger partial charge is 0.440 e. The van der Waals surface area contributed by atoms with Gasteiger partial charge in [0, 0.05) is 82.5 Å². The van der Waals surface area contributed by atoms with E-state index in [4.69, 9.17) is 4.42 Å². The van der Waals surface area contributed by atoms with Crippen LogP contribution in [0.4, 0.5) is 0 Å². The number of benzene rings is 5. The lowest BCUT2D eigenvalue weighted by Gasteiger charge is -2.18. The number of para-hydroxylation sites is 5. The average molecular weight is 1260 g/mol. The minimum atomic E-state index is -0.0246. The third-order valence-electron chi connectivity index (χ3n) is 16.2. The van der Waals surface area contributed by atoms with E-state index >= 15 is 0 Å². The molecule has 0 saturated carbocycles. The maximum atomic E-state index is 11.8. The summed E-state index contributed by atoms with van der Waals surface area (Å²) in [5.74, 6) is 8.75. The molecule has 0 fully saturated rings. The number of hydrogen-bond donors (Lipinski definition) is 5. The lowest BCUT2D eigenvalue weighted by atomic mass is 9.91. The van der Waals surface area contributed by atoms with Crippen molar-refractivity contribution in [2.24, 2.45) is 7.05 Å². The van der Waals surface area contributed by atoms with Crippen LogP contribution >= 0.6 is 0 Å². The van der Waals surface area contributed by atoms with Crippen molar-refractivity contribution in [2.45, 2.75) is 186 Å². The molecule has 0 bridgehead atoms. The molecule has 14 aromatic rings. The number of nitrogens with zero attached hydrogens (tertiary/aromatic N) is 9. The molecule has 9 heterocycles. The van der Waals surface area contributed by atoms with Crippen LogP contribution in [0.1, 0.15) is 214 Å². The maximum Gasteiger partial charge on any atom is 0.198 e. The van der Waals surface area contributed by atoms with Crippen molar-refractivity contribution in [1.29, 1.82) is 0 Å². The Morgan fingerprint density at radius 3 is 1.64 bits per heavy atom. The lowest BCUT2D eigenvalue weighted by Crippen LogP contribution is -2.17. The van der Waals surface area contributed by atoms with E-state index in [1.165, 1.54) is 27.8 Å². The Labute approximate surface area is 553 Å². The van der Waals surface area contributed by atoms with Gasteiger partial charge in [-0.2, -0.15) is 0 Å². The molecular formula is C78H98N14O2. The van der Waals surface area contributed by atoms with Gasteiger partial charge in [-0.15, -0.1) is 0 Å². The van der Waals surface area contributed by atoms with Crippen LogP contribution in [0.15, 0.2) is 137 Å². The highest BCUT2D eigenvalue weighted by Gasteiger charge is 2.17. The first kappa shape index (κ1) is 70.3. The first-order valence-corrected chi connectivity index (χ1v) is 32.9. The van der Waals surface area contributed by atoms with Gasteiger partial charge in [0.25, 0.3) is 0 Å². The third kappa shape index (κ3) is 17.6. The molecule has 0 saturated heterocycles. The van der Waals surface area contributed by atoms with Gasteiger partial charge in [0.05, 0.1) is 44.1 Å². The SMILES string of the molecule is CC(C)(C)c1cc(=O)c2ccccc2[nH]1.CC(C)c1nc2ccccc2n1C.CC(C)c1nc2ccccc2o1.Cc1cc2[nH]c(C(C)C)nc2nc1C.Cc1ccc2[nH]c(C(C)C)nc2c1C.Cc1ccc2nc(C(C)C)[nH]c2c1.Cc1cnc2nc(C(C)C)[nH]c2c1. The van der Waals surface area contributed by atoms with Gasteiger partial charge in [-0.05, 0) is 136 Å². The molecule has 94 heavy (non-hydrogen) atoms. The Hall–Kier alpha value is -9.57. The van der Waals surface area contributed by atoms with Crippen molar-refractivity contribution in [3.8, 4) is 0 Å². The molecule has 0 spiro atoms. The fraction of sp³-hybridized carbons (Fsp3) is 0.372. The normalized spacial score (nSPS) is 11.5. The van der Waals surface area contributed by atoms with Crippen LogP contribution in [0.2, 0.25) is 0 Å². The molecule has 0 amide bonds. The fourth-order valence-corrected chi connectivity index (χ4v) is 10.2. The van der Waals surface area contributed by atoms with Crippen LogP contribution in [0.25, 0.3) is 77.4 Å². The van der Waals surface area contributed by atoms with Crippen molar-refractivity contribution >= 4 is 77.4 Å². The van der Waals surface area contributed by atoms with Gasteiger partial charge in [-0.3, -0.25) is 4.79 Å². The number of aromatic nitrogens is 14. The molecule has 9 aromatic heterocycles. The van der Waals surface area contributed by atoms with Crippen molar-refractivity contribution in [1.82, 2.24) is 69.4 Å². The zero-order valence-electron chi connectivity index (χ0n) is 59.4. The molecule has 492 valence electrons. The first-order valence-electron chi connectivity index (χ1n) is 32.9. The Morgan fingerprint density at radius 1 is 0.447 bits per heavy atom. The summed E-state index contributed by atoms with van der Waals surface area (Å²) in [6.07, 6.45) is 1.84. The summed E-state index contributed by atoms with van der Waals surface area (Å²) < 4.78 is 7.68. The van der Waals surface area contributed by atoms with Crippen molar-refractivity contribution in [3.05, 3.63) is 212 Å². The van der Waals surface area contributed by atoms with Crippen molar-refractivity contribution in [2.75, 3.05) is 0 Å². The quantitative estimate of drug-likeness (QED) is 0.106. The van der Waals surface area contributed by atoms with Gasteiger partial charge >= 0.3 is 0 Å². The molecule has 5 aromatic carbocycles.